The molecule has 0 bridgehead atoms. The number of hydrogen-bond acceptors (Lipinski definition) is 5. The highest BCUT2D eigenvalue weighted by Crippen LogP contribution is 2.22. The molecule has 21 heavy (non-hydrogen) atoms. The number of nitrogens with one attached hydrogen (secondary N) is 2. The van der Waals surface area contributed by atoms with Crippen molar-refractivity contribution in [3.63, 3.8) is 0 Å². The van der Waals surface area contributed by atoms with Gasteiger partial charge in [0.05, 0.1) is 11.2 Å². The third-order valence-corrected chi connectivity index (χ3v) is 2.82. The first-order valence-corrected chi connectivity index (χ1v) is 6.77. The van der Waals surface area contributed by atoms with Gasteiger partial charge in [0, 0.05) is 25.5 Å². The molecule has 0 spiro atoms. The van der Waals surface area contributed by atoms with Gasteiger partial charge in [-0.05, 0) is 12.1 Å². The van der Waals surface area contributed by atoms with Crippen LogP contribution in [0.4, 0.5) is 5.82 Å². The van der Waals surface area contributed by atoms with Crippen molar-refractivity contribution in [2.45, 2.75) is 0 Å². The summed E-state index contributed by atoms with van der Waals surface area (Å²) in [5.41, 5.74) is 0. The Hall–Kier alpha value is -2.34. The molecule has 2 N–H and O–H groups in total. The lowest BCUT2D eigenvalue weighted by Gasteiger charge is -2.09. The summed E-state index contributed by atoms with van der Waals surface area (Å²) < 4.78 is 5.33. The number of nitrogens with zero attached hydrogens (tertiary/aromatic N) is 2. The number of carbonyl (C=O) groups is 1. The van der Waals surface area contributed by atoms with Crippen LogP contribution in [-0.2, 0) is 4.79 Å². The second kappa shape index (κ2) is 8.06. The van der Waals surface area contributed by atoms with E-state index in [1.807, 2.05) is 0 Å². The van der Waals surface area contributed by atoms with Crippen LogP contribution in [0.5, 0.6) is 5.75 Å². The molecule has 6 nitrogen and oxygen atoms in total. The Morgan fingerprint density at radius 1 is 1.24 bits per heavy atom. The van der Waals surface area contributed by atoms with Gasteiger partial charge in [-0.1, -0.05) is 23.7 Å². The van der Waals surface area contributed by atoms with E-state index in [-0.39, 0.29) is 12.5 Å². The van der Waals surface area contributed by atoms with E-state index in [4.69, 9.17) is 16.3 Å². The highest BCUT2D eigenvalue weighted by atomic mass is 35.5. The Morgan fingerprint density at radius 3 is 2.86 bits per heavy atom. The van der Waals surface area contributed by atoms with E-state index in [2.05, 4.69) is 20.6 Å². The zero-order valence-corrected chi connectivity index (χ0v) is 12.0. The van der Waals surface area contributed by atoms with Gasteiger partial charge in [-0.2, -0.15) is 0 Å². The van der Waals surface area contributed by atoms with Crippen molar-refractivity contribution in [3.8, 4) is 5.75 Å². The molecular formula is C14H15ClN4O2. The second-order valence-electron chi connectivity index (χ2n) is 4.09. The SMILES string of the molecule is O=C(COc1ccccc1Cl)NCCNc1cnccn1. The summed E-state index contributed by atoms with van der Waals surface area (Å²) in [6, 6.07) is 7.02. The summed E-state index contributed by atoms with van der Waals surface area (Å²) in [4.78, 5) is 19.6. The molecule has 0 aliphatic rings. The van der Waals surface area contributed by atoms with Crippen molar-refractivity contribution in [1.29, 1.82) is 0 Å². The number of halogens is 1. The molecule has 7 heteroatoms. The van der Waals surface area contributed by atoms with E-state index < -0.39 is 0 Å². The Morgan fingerprint density at radius 2 is 2.10 bits per heavy atom. The number of anilines is 1. The van der Waals surface area contributed by atoms with Gasteiger partial charge in [0.2, 0.25) is 0 Å². The normalized spacial score (nSPS) is 9.95. The number of para-hydroxylation sites is 1. The van der Waals surface area contributed by atoms with Gasteiger partial charge in [0.1, 0.15) is 11.6 Å². The summed E-state index contributed by atoms with van der Waals surface area (Å²) in [7, 11) is 0. The molecule has 110 valence electrons. The summed E-state index contributed by atoms with van der Waals surface area (Å²) in [5.74, 6) is 0.946. The van der Waals surface area contributed by atoms with Gasteiger partial charge < -0.3 is 15.4 Å². The topological polar surface area (TPSA) is 76.1 Å². The van der Waals surface area contributed by atoms with E-state index in [1.165, 1.54) is 0 Å². The van der Waals surface area contributed by atoms with Gasteiger partial charge in [-0.3, -0.25) is 9.78 Å². The first kappa shape index (κ1) is 15.1. The molecule has 1 aromatic heterocycles. The van der Waals surface area contributed by atoms with Crippen LogP contribution in [0.25, 0.3) is 0 Å². The largest absolute Gasteiger partial charge is 0.482 e. The predicted octanol–water partition coefficient (Wildman–Crippen LogP) is 1.74. The lowest BCUT2D eigenvalue weighted by Crippen LogP contribution is -2.32. The first-order valence-electron chi connectivity index (χ1n) is 6.39. The maximum atomic E-state index is 11.6. The molecule has 0 unspecified atom stereocenters. The number of benzene rings is 1. The third-order valence-electron chi connectivity index (χ3n) is 2.51. The van der Waals surface area contributed by atoms with Crippen LogP contribution in [0.15, 0.2) is 42.9 Å². The van der Waals surface area contributed by atoms with Crippen molar-refractivity contribution in [2.75, 3.05) is 25.0 Å². The standard InChI is InChI=1S/C14H15ClN4O2/c15-11-3-1-2-4-12(11)21-10-14(20)19-8-7-18-13-9-16-5-6-17-13/h1-6,9H,7-8,10H2,(H,17,18)(H,19,20). The molecule has 0 radical (unpaired) electrons. The van der Waals surface area contributed by atoms with Crippen LogP contribution in [0.1, 0.15) is 0 Å². The molecule has 1 aromatic carbocycles. The molecule has 1 amide bonds. The summed E-state index contributed by atoms with van der Waals surface area (Å²) in [6.07, 6.45) is 4.81. The quantitative estimate of drug-likeness (QED) is 0.762. The van der Waals surface area contributed by atoms with Crippen LogP contribution in [0.2, 0.25) is 5.02 Å². The molecule has 2 aromatic rings. The van der Waals surface area contributed by atoms with Crippen LogP contribution >= 0.6 is 11.6 Å². The average molecular weight is 307 g/mol. The lowest BCUT2D eigenvalue weighted by atomic mass is 10.3. The number of carbonyl (C=O) groups excluding carboxylic acids is 1. The Labute approximate surface area is 127 Å². The van der Waals surface area contributed by atoms with Crippen LogP contribution in [-0.4, -0.2) is 35.6 Å². The summed E-state index contributed by atoms with van der Waals surface area (Å²) in [6.45, 7) is 0.937. The van der Waals surface area contributed by atoms with Crippen molar-refractivity contribution in [1.82, 2.24) is 15.3 Å². The third kappa shape index (κ3) is 5.27. The molecule has 0 fully saturated rings. The molecule has 0 aliphatic carbocycles. The van der Waals surface area contributed by atoms with Gasteiger partial charge in [0.15, 0.2) is 6.61 Å². The minimum atomic E-state index is -0.212. The van der Waals surface area contributed by atoms with Gasteiger partial charge in [-0.15, -0.1) is 0 Å². The Bertz CT molecular complexity index is 580. The van der Waals surface area contributed by atoms with Crippen LogP contribution in [0.3, 0.4) is 0 Å². The molecule has 0 saturated heterocycles. The minimum Gasteiger partial charge on any atom is -0.482 e. The zero-order chi connectivity index (χ0) is 14.9. The zero-order valence-electron chi connectivity index (χ0n) is 11.3. The van der Waals surface area contributed by atoms with Crippen molar-refractivity contribution in [2.24, 2.45) is 0 Å². The average Bonchev–Trinajstić information content (AvgIpc) is 2.52. The molecule has 0 aliphatic heterocycles. The van der Waals surface area contributed by atoms with Gasteiger partial charge >= 0.3 is 0 Å². The molecule has 1 heterocycles. The number of aromatic nitrogens is 2. The highest BCUT2D eigenvalue weighted by Gasteiger charge is 2.04. The fourth-order valence-corrected chi connectivity index (χ4v) is 1.73. The van der Waals surface area contributed by atoms with E-state index >= 15 is 0 Å². The monoisotopic (exact) mass is 306 g/mol. The van der Waals surface area contributed by atoms with Crippen molar-refractivity contribution >= 4 is 23.3 Å². The van der Waals surface area contributed by atoms with Gasteiger partial charge in [-0.25, -0.2) is 4.98 Å². The van der Waals surface area contributed by atoms with E-state index in [9.17, 15) is 4.79 Å². The van der Waals surface area contributed by atoms with Crippen molar-refractivity contribution in [3.05, 3.63) is 47.9 Å². The van der Waals surface area contributed by atoms with E-state index in [0.717, 1.165) is 0 Å². The second-order valence-corrected chi connectivity index (χ2v) is 4.49. The smallest absolute Gasteiger partial charge is 0.258 e. The summed E-state index contributed by atoms with van der Waals surface area (Å²) in [5, 5.41) is 6.24. The summed E-state index contributed by atoms with van der Waals surface area (Å²) >= 11 is 5.92. The van der Waals surface area contributed by atoms with E-state index in [0.29, 0.717) is 29.7 Å². The number of ether oxygens (including phenoxy) is 1. The number of hydrogen-bond donors (Lipinski definition) is 2. The Balaban J connectivity index is 1.63. The fraction of sp³-hybridized carbons (Fsp3) is 0.214. The molecular weight excluding hydrogens is 292 g/mol. The molecule has 0 atom stereocenters. The fourth-order valence-electron chi connectivity index (χ4n) is 1.54. The van der Waals surface area contributed by atoms with Gasteiger partial charge in [0.25, 0.3) is 5.91 Å². The number of amides is 1. The predicted molar refractivity (Wildman–Crippen MR) is 80.5 cm³/mol. The van der Waals surface area contributed by atoms with E-state index in [1.54, 1.807) is 42.9 Å². The van der Waals surface area contributed by atoms with Crippen LogP contribution < -0.4 is 15.4 Å². The van der Waals surface area contributed by atoms with Crippen LogP contribution in [0, 0.1) is 0 Å². The molecule has 2 rings (SSSR count). The first-order chi connectivity index (χ1) is 10.3. The minimum absolute atomic E-state index is 0.0745. The highest BCUT2D eigenvalue weighted by molar-refractivity contribution is 6.32. The Kier molecular flexibility index (Phi) is 5.78. The maximum absolute atomic E-state index is 11.6. The lowest BCUT2D eigenvalue weighted by molar-refractivity contribution is -0.123. The maximum Gasteiger partial charge on any atom is 0.258 e. The molecule has 0 saturated carbocycles. The number of rotatable bonds is 7. The van der Waals surface area contributed by atoms with Crippen molar-refractivity contribution < 1.29 is 9.53 Å².